The van der Waals surface area contributed by atoms with E-state index in [-0.39, 0.29) is 59.1 Å². The van der Waals surface area contributed by atoms with Crippen molar-refractivity contribution < 1.29 is 37.3 Å². The van der Waals surface area contributed by atoms with Crippen LogP contribution in [0.15, 0.2) is 48.5 Å². The average molecular weight is 655 g/mol. The number of carbonyl (C=O) groups is 1. The number of hydrogen-bond acceptors (Lipinski definition) is 7. The Hall–Kier alpha value is -3.91. The molecular weight excluding hydrogens is 618 g/mol. The lowest BCUT2D eigenvalue weighted by atomic mass is 9.70. The van der Waals surface area contributed by atoms with Crippen molar-refractivity contribution >= 4 is 17.7 Å². The van der Waals surface area contributed by atoms with Crippen LogP contribution in [0.2, 0.25) is 5.02 Å². The number of halogens is 3. The monoisotopic (exact) mass is 654 g/mol. The van der Waals surface area contributed by atoms with E-state index in [1.807, 2.05) is 57.2 Å². The molecule has 0 aliphatic carbocycles. The lowest BCUT2D eigenvalue weighted by Gasteiger charge is -2.44. The van der Waals surface area contributed by atoms with Gasteiger partial charge in [-0.3, -0.25) is 0 Å². The summed E-state index contributed by atoms with van der Waals surface area (Å²) in [5.74, 6) is -1.77. The molecule has 46 heavy (non-hydrogen) atoms. The third kappa shape index (κ3) is 6.63. The SMILES string of the molecule is COC(=O)NC(C(C)(C)C)C1(c2ccccc2)Cc2c(cc(F)c(Cl)c2-c2c(C#N)ccc(OCCOC3CCCCO3)c2F)O1. The van der Waals surface area contributed by atoms with Crippen molar-refractivity contribution in [1.29, 1.82) is 5.26 Å². The minimum atomic E-state index is -1.29. The maximum Gasteiger partial charge on any atom is 0.407 e. The molecule has 5 rings (SSSR count). The molecule has 3 atom stereocenters. The Bertz CT molecular complexity index is 1620. The highest BCUT2D eigenvalue weighted by atomic mass is 35.5. The number of carbonyl (C=O) groups excluding carboxylic acids is 1. The quantitative estimate of drug-likeness (QED) is 0.236. The molecule has 2 aliphatic rings. The number of hydrogen-bond donors (Lipinski definition) is 1. The Morgan fingerprint density at radius 1 is 1.15 bits per heavy atom. The van der Waals surface area contributed by atoms with Gasteiger partial charge >= 0.3 is 6.09 Å². The van der Waals surface area contributed by atoms with E-state index in [9.17, 15) is 10.1 Å². The van der Waals surface area contributed by atoms with E-state index in [0.717, 1.165) is 25.3 Å². The maximum atomic E-state index is 16.4. The largest absolute Gasteiger partial charge is 0.488 e. The fraction of sp³-hybridized carbons (Fsp3) is 0.429. The van der Waals surface area contributed by atoms with Gasteiger partial charge in [-0.15, -0.1) is 0 Å². The fourth-order valence-corrected chi connectivity index (χ4v) is 6.52. The molecule has 1 amide bonds. The molecule has 0 saturated carbocycles. The average Bonchev–Trinajstić information content (AvgIpc) is 3.43. The molecule has 3 aromatic carbocycles. The van der Waals surface area contributed by atoms with Crippen molar-refractivity contribution in [2.24, 2.45) is 5.41 Å². The predicted octanol–water partition coefficient (Wildman–Crippen LogP) is 7.68. The van der Waals surface area contributed by atoms with Crippen LogP contribution in [0.4, 0.5) is 13.6 Å². The molecule has 3 aromatic rings. The van der Waals surface area contributed by atoms with Crippen molar-refractivity contribution in [2.45, 2.75) is 64.4 Å². The summed E-state index contributed by atoms with van der Waals surface area (Å²) in [7, 11) is 1.26. The number of amides is 1. The Balaban J connectivity index is 1.59. The van der Waals surface area contributed by atoms with Gasteiger partial charge in [0, 0.05) is 35.8 Å². The van der Waals surface area contributed by atoms with E-state index >= 15 is 8.78 Å². The zero-order valence-electron chi connectivity index (χ0n) is 26.3. The number of nitrogens with zero attached hydrogens (tertiary/aromatic N) is 1. The molecule has 3 unspecified atom stereocenters. The third-order valence-electron chi connectivity index (χ3n) is 8.32. The van der Waals surface area contributed by atoms with Crippen molar-refractivity contribution in [3.05, 3.63) is 81.9 Å². The van der Waals surface area contributed by atoms with Gasteiger partial charge in [0.1, 0.15) is 18.2 Å². The number of rotatable bonds is 9. The summed E-state index contributed by atoms with van der Waals surface area (Å²) in [4.78, 5) is 12.6. The molecule has 1 fully saturated rings. The summed E-state index contributed by atoms with van der Waals surface area (Å²) in [5, 5.41) is 12.6. The molecule has 1 saturated heterocycles. The molecular formula is C35H37ClF2N2O6. The lowest BCUT2D eigenvalue weighted by molar-refractivity contribution is -0.165. The van der Waals surface area contributed by atoms with Crippen LogP contribution >= 0.6 is 11.6 Å². The normalized spacial score (nSPS) is 19.8. The van der Waals surface area contributed by atoms with Crippen molar-refractivity contribution in [3.63, 3.8) is 0 Å². The molecule has 0 radical (unpaired) electrons. The topological polar surface area (TPSA) is 99.0 Å². The standard InChI is InChI=1S/C35H37ClF2N2O6/c1-34(2,3)32(40-33(41)42-4)35(22-10-6-5-7-11-22)19-23-26(46-35)18-24(37)30(36)29(23)28-21(20-39)13-14-25(31(28)38)43-16-17-45-27-12-8-9-15-44-27/h5-7,10-11,13-14,18,27,32H,8-9,12,15-17,19H2,1-4H3,(H,40,41). The van der Waals surface area contributed by atoms with E-state index in [1.165, 1.54) is 19.2 Å². The van der Waals surface area contributed by atoms with Crippen LogP contribution in [0.3, 0.4) is 0 Å². The van der Waals surface area contributed by atoms with E-state index in [2.05, 4.69) is 5.32 Å². The van der Waals surface area contributed by atoms with Gasteiger partial charge in [-0.1, -0.05) is 62.7 Å². The van der Waals surface area contributed by atoms with E-state index in [4.69, 9.17) is 35.3 Å². The molecule has 1 N–H and O–H groups in total. The van der Waals surface area contributed by atoms with E-state index in [0.29, 0.717) is 17.7 Å². The van der Waals surface area contributed by atoms with Crippen LogP contribution in [0.5, 0.6) is 11.5 Å². The molecule has 0 spiro atoms. The number of alkyl carbamates (subject to hydrolysis) is 1. The molecule has 0 bridgehead atoms. The summed E-state index contributed by atoms with van der Waals surface area (Å²) in [5.41, 5.74) is -1.15. The van der Waals surface area contributed by atoms with Crippen LogP contribution < -0.4 is 14.8 Å². The molecule has 2 heterocycles. The van der Waals surface area contributed by atoms with Crippen LogP contribution in [0, 0.1) is 28.4 Å². The first-order valence-corrected chi connectivity index (χ1v) is 15.6. The summed E-state index contributed by atoms with van der Waals surface area (Å²) in [6, 6.07) is 14.4. The first-order chi connectivity index (χ1) is 22.0. The van der Waals surface area contributed by atoms with E-state index in [1.54, 1.807) is 0 Å². The highest BCUT2D eigenvalue weighted by Gasteiger charge is 2.54. The van der Waals surface area contributed by atoms with Crippen LogP contribution in [-0.4, -0.2) is 45.4 Å². The molecule has 244 valence electrons. The molecule has 8 nitrogen and oxygen atoms in total. The van der Waals surface area contributed by atoms with Gasteiger partial charge in [-0.05, 0) is 42.4 Å². The number of ether oxygens (including phenoxy) is 5. The third-order valence-corrected chi connectivity index (χ3v) is 8.69. The van der Waals surface area contributed by atoms with Gasteiger partial charge in [0.2, 0.25) is 0 Å². The summed E-state index contributed by atoms with van der Waals surface area (Å²) in [6.45, 7) is 6.59. The first kappa shape index (κ1) is 33.5. The Morgan fingerprint density at radius 2 is 1.91 bits per heavy atom. The van der Waals surface area contributed by atoms with Gasteiger partial charge in [0.05, 0.1) is 36.4 Å². The first-order valence-electron chi connectivity index (χ1n) is 15.2. The number of fused-ring (bicyclic) bond motifs is 1. The lowest BCUT2D eigenvalue weighted by Crippen LogP contribution is -2.59. The maximum absolute atomic E-state index is 16.4. The van der Waals surface area contributed by atoms with Gasteiger partial charge in [0.25, 0.3) is 0 Å². The zero-order valence-corrected chi connectivity index (χ0v) is 27.0. The number of nitrogens with one attached hydrogen (secondary N) is 1. The molecule has 0 aromatic heterocycles. The summed E-state index contributed by atoms with van der Waals surface area (Å²) >= 11 is 6.62. The van der Waals surface area contributed by atoms with Gasteiger partial charge in [-0.25, -0.2) is 13.6 Å². The van der Waals surface area contributed by atoms with E-state index < -0.39 is 34.8 Å². The predicted molar refractivity (Wildman–Crippen MR) is 168 cm³/mol. The Morgan fingerprint density at radius 3 is 2.57 bits per heavy atom. The number of methoxy groups -OCH3 is 1. The van der Waals surface area contributed by atoms with Crippen LogP contribution in [0.25, 0.3) is 11.1 Å². The smallest absolute Gasteiger partial charge is 0.407 e. The van der Waals surface area contributed by atoms with Crippen molar-refractivity contribution in [1.82, 2.24) is 5.32 Å². The van der Waals surface area contributed by atoms with Crippen LogP contribution in [0.1, 0.15) is 56.7 Å². The number of nitriles is 1. The minimum absolute atomic E-state index is 0.0177. The highest BCUT2D eigenvalue weighted by molar-refractivity contribution is 6.34. The Labute approximate surface area is 272 Å². The number of benzene rings is 3. The second-order valence-corrected chi connectivity index (χ2v) is 12.8. The van der Waals surface area contributed by atoms with Crippen LogP contribution in [-0.2, 0) is 26.2 Å². The van der Waals surface area contributed by atoms with Gasteiger partial charge in [-0.2, -0.15) is 5.26 Å². The minimum Gasteiger partial charge on any atom is -0.488 e. The van der Waals surface area contributed by atoms with Crippen molar-refractivity contribution in [3.8, 4) is 28.7 Å². The summed E-state index contributed by atoms with van der Waals surface area (Å²) in [6.07, 6.45) is 1.80. The fourth-order valence-electron chi connectivity index (χ4n) is 6.26. The zero-order chi connectivity index (χ0) is 33.1. The molecule has 11 heteroatoms. The molecule has 2 aliphatic heterocycles. The second kappa shape index (κ2) is 13.8. The Kier molecular flexibility index (Phi) is 10.1. The van der Waals surface area contributed by atoms with Crippen molar-refractivity contribution in [2.75, 3.05) is 26.9 Å². The van der Waals surface area contributed by atoms with Gasteiger partial charge < -0.3 is 29.0 Å². The highest BCUT2D eigenvalue weighted by Crippen LogP contribution is 2.53. The second-order valence-electron chi connectivity index (χ2n) is 12.4. The van der Waals surface area contributed by atoms with Gasteiger partial charge in [0.15, 0.2) is 23.5 Å². The summed E-state index contributed by atoms with van der Waals surface area (Å²) < 4.78 is 60.6.